The van der Waals surface area contributed by atoms with Crippen LogP contribution in [0.5, 0.6) is 5.75 Å². The molecular weight excluding hydrogens is 288 g/mol. The Morgan fingerprint density at radius 2 is 2.13 bits per heavy atom. The molecule has 3 heteroatoms. The second-order valence-corrected chi connectivity index (χ2v) is 7.66. The van der Waals surface area contributed by atoms with Crippen LogP contribution >= 0.6 is 0 Å². The number of fused-ring (bicyclic) bond motifs is 5. The summed E-state index contributed by atoms with van der Waals surface area (Å²) in [5.41, 5.74) is 2.78. The first-order valence-corrected chi connectivity index (χ1v) is 8.66. The fourth-order valence-corrected chi connectivity index (χ4v) is 5.22. The van der Waals surface area contributed by atoms with E-state index in [0.29, 0.717) is 23.5 Å². The van der Waals surface area contributed by atoms with Crippen molar-refractivity contribution in [2.75, 3.05) is 0 Å². The third-order valence-electron chi connectivity index (χ3n) is 6.43. The van der Waals surface area contributed by atoms with E-state index >= 15 is 0 Å². The number of aliphatic hydroxyl groups is 1. The number of aryl methyl sites for hydroxylation is 1. The molecule has 1 aromatic carbocycles. The van der Waals surface area contributed by atoms with Gasteiger partial charge in [-0.3, -0.25) is 4.79 Å². The normalized spacial score (nSPS) is 37.7. The van der Waals surface area contributed by atoms with Gasteiger partial charge in [-0.1, -0.05) is 25.1 Å². The number of rotatable bonds is 1. The standard InChI is InChI=1S/C20H24O3/c1-12(21)23-14-4-6-15-13(11-14)3-5-17-16(15)9-10-20(2)18(17)7-8-19(20)22/h4,6-8,11,16-19,22H,3,5,9-10H2,1-2H3. The number of esters is 1. The molecule has 0 amide bonds. The number of hydrogen-bond donors (Lipinski definition) is 1. The highest BCUT2D eigenvalue weighted by atomic mass is 16.5. The summed E-state index contributed by atoms with van der Waals surface area (Å²) in [5, 5.41) is 10.4. The van der Waals surface area contributed by atoms with E-state index < -0.39 is 0 Å². The van der Waals surface area contributed by atoms with Gasteiger partial charge in [0.2, 0.25) is 0 Å². The lowest BCUT2D eigenvalue weighted by Gasteiger charge is -2.50. The van der Waals surface area contributed by atoms with E-state index in [1.54, 1.807) is 0 Å². The zero-order valence-corrected chi connectivity index (χ0v) is 13.8. The quantitative estimate of drug-likeness (QED) is 0.489. The van der Waals surface area contributed by atoms with E-state index in [1.807, 2.05) is 18.2 Å². The summed E-state index contributed by atoms with van der Waals surface area (Å²) in [6.45, 7) is 3.69. The SMILES string of the molecule is CC(=O)Oc1ccc2c(c1)CCC1C2CCC2(C)C(O)C=CC12. The van der Waals surface area contributed by atoms with Crippen LogP contribution in [0.3, 0.4) is 0 Å². The van der Waals surface area contributed by atoms with E-state index in [0.717, 1.165) is 25.7 Å². The fraction of sp³-hybridized carbons (Fsp3) is 0.550. The van der Waals surface area contributed by atoms with Crippen molar-refractivity contribution in [2.45, 2.75) is 51.6 Å². The first kappa shape index (κ1) is 14.9. The first-order chi connectivity index (χ1) is 11.0. The molecule has 122 valence electrons. The largest absolute Gasteiger partial charge is 0.427 e. The summed E-state index contributed by atoms with van der Waals surface area (Å²) in [7, 11) is 0. The predicted molar refractivity (Wildman–Crippen MR) is 88.3 cm³/mol. The van der Waals surface area contributed by atoms with Crippen LogP contribution in [0, 0.1) is 17.3 Å². The minimum atomic E-state index is -0.291. The lowest BCUT2D eigenvalue weighted by atomic mass is 9.55. The summed E-state index contributed by atoms with van der Waals surface area (Å²) in [6, 6.07) is 6.12. The molecule has 0 radical (unpaired) electrons. The van der Waals surface area contributed by atoms with Gasteiger partial charge in [0.05, 0.1) is 6.10 Å². The molecule has 4 rings (SSSR count). The average molecular weight is 312 g/mol. The molecule has 3 nitrogen and oxygen atoms in total. The van der Waals surface area contributed by atoms with Gasteiger partial charge in [0.15, 0.2) is 0 Å². The molecule has 5 unspecified atom stereocenters. The van der Waals surface area contributed by atoms with Crippen LogP contribution in [0.25, 0.3) is 0 Å². The number of carbonyl (C=O) groups excluding carboxylic acids is 1. The van der Waals surface area contributed by atoms with E-state index in [-0.39, 0.29) is 17.5 Å². The van der Waals surface area contributed by atoms with Crippen LogP contribution < -0.4 is 4.74 Å². The second kappa shape index (κ2) is 5.20. The van der Waals surface area contributed by atoms with Crippen LogP contribution in [-0.4, -0.2) is 17.2 Å². The molecule has 0 aliphatic heterocycles. The number of benzene rings is 1. The third kappa shape index (κ3) is 2.25. The molecule has 0 aromatic heterocycles. The Kier molecular flexibility index (Phi) is 3.38. The number of carbonyl (C=O) groups is 1. The molecule has 1 aromatic rings. The lowest BCUT2D eigenvalue weighted by molar-refractivity contribution is -0.131. The Hall–Kier alpha value is -1.61. The molecule has 5 atom stereocenters. The van der Waals surface area contributed by atoms with Gasteiger partial charge >= 0.3 is 5.97 Å². The predicted octanol–water partition coefficient (Wildman–Crippen LogP) is 3.60. The number of ether oxygens (including phenoxy) is 1. The maximum Gasteiger partial charge on any atom is 0.308 e. The minimum Gasteiger partial charge on any atom is -0.427 e. The topological polar surface area (TPSA) is 46.5 Å². The van der Waals surface area contributed by atoms with Crippen LogP contribution in [0.4, 0.5) is 0 Å². The highest BCUT2D eigenvalue weighted by molar-refractivity contribution is 5.69. The second-order valence-electron chi connectivity index (χ2n) is 7.66. The van der Waals surface area contributed by atoms with Crippen molar-refractivity contribution < 1.29 is 14.6 Å². The molecule has 3 aliphatic rings. The Morgan fingerprint density at radius 3 is 2.91 bits per heavy atom. The summed E-state index contributed by atoms with van der Waals surface area (Å²) in [4.78, 5) is 11.1. The Morgan fingerprint density at radius 1 is 1.30 bits per heavy atom. The lowest BCUT2D eigenvalue weighted by Crippen LogP contribution is -2.44. The average Bonchev–Trinajstić information content (AvgIpc) is 2.82. The van der Waals surface area contributed by atoms with E-state index in [9.17, 15) is 9.90 Å². The van der Waals surface area contributed by atoms with Gasteiger partial charge < -0.3 is 9.84 Å². The van der Waals surface area contributed by atoms with E-state index in [4.69, 9.17) is 4.74 Å². The molecule has 1 fully saturated rings. The van der Waals surface area contributed by atoms with Crippen molar-refractivity contribution in [1.82, 2.24) is 0 Å². The Labute approximate surface area is 137 Å². The molecule has 0 heterocycles. The minimum absolute atomic E-state index is 0.0242. The zero-order valence-electron chi connectivity index (χ0n) is 13.8. The Balaban J connectivity index is 1.65. The van der Waals surface area contributed by atoms with Crippen molar-refractivity contribution in [2.24, 2.45) is 17.3 Å². The summed E-state index contributed by atoms with van der Waals surface area (Å²) in [6.07, 6.45) is 8.36. The first-order valence-electron chi connectivity index (χ1n) is 8.66. The molecule has 23 heavy (non-hydrogen) atoms. The molecule has 1 saturated carbocycles. The van der Waals surface area contributed by atoms with Gasteiger partial charge in [0.25, 0.3) is 0 Å². The van der Waals surface area contributed by atoms with Gasteiger partial charge in [-0.25, -0.2) is 0 Å². The van der Waals surface area contributed by atoms with Crippen molar-refractivity contribution >= 4 is 5.97 Å². The molecule has 3 aliphatic carbocycles. The molecule has 0 spiro atoms. The van der Waals surface area contributed by atoms with Crippen molar-refractivity contribution in [3.63, 3.8) is 0 Å². The molecule has 0 bridgehead atoms. The monoisotopic (exact) mass is 312 g/mol. The van der Waals surface area contributed by atoms with Crippen molar-refractivity contribution in [3.8, 4) is 5.75 Å². The summed E-state index contributed by atoms with van der Waals surface area (Å²) < 4.78 is 5.23. The van der Waals surface area contributed by atoms with Gasteiger partial charge in [0.1, 0.15) is 5.75 Å². The maximum atomic E-state index is 11.1. The highest BCUT2D eigenvalue weighted by Gasteiger charge is 2.52. The van der Waals surface area contributed by atoms with Crippen LogP contribution in [0.1, 0.15) is 50.2 Å². The van der Waals surface area contributed by atoms with Crippen LogP contribution in [0.15, 0.2) is 30.4 Å². The Bertz CT molecular complexity index is 677. The smallest absolute Gasteiger partial charge is 0.308 e. The maximum absolute atomic E-state index is 11.1. The molecule has 1 N–H and O–H groups in total. The van der Waals surface area contributed by atoms with E-state index in [2.05, 4.69) is 19.1 Å². The van der Waals surface area contributed by atoms with Crippen molar-refractivity contribution in [3.05, 3.63) is 41.5 Å². The summed E-state index contributed by atoms with van der Waals surface area (Å²) >= 11 is 0. The summed E-state index contributed by atoms with van der Waals surface area (Å²) in [5.74, 6) is 2.06. The van der Waals surface area contributed by atoms with Crippen molar-refractivity contribution in [1.29, 1.82) is 0 Å². The van der Waals surface area contributed by atoms with E-state index in [1.165, 1.54) is 18.1 Å². The number of hydrogen-bond acceptors (Lipinski definition) is 3. The van der Waals surface area contributed by atoms with Crippen LogP contribution in [-0.2, 0) is 11.2 Å². The number of allylic oxidation sites excluding steroid dienone is 1. The highest BCUT2D eigenvalue weighted by Crippen LogP contribution is 2.58. The molecular formula is C20H24O3. The molecule has 0 saturated heterocycles. The zero-order chi connectivity index (χ0) is 16.2. The van der Waals surface area contributed by atoms with Gasteiger partial charge in [-0.15, -0.1) is 0 Å². The third-order valence-corrected chi connectivity index (χ3v) is 6.43. The van der Waals surface area contributed by atoms with Gasteiger partial charge in [-0.05, 0) is 66.7 Å². The van der Waals surface area contributed by atoms with Gasteiger partial charge in [0, 0.05) is 12.3 Å². The fourth-order valence-electron chi connectivity index (χ4n) is 5.22. The van der Waals surface area contributed by atoms with Crippen LogP contribution in [0.2, 0.25) is 0 Å². The number of aliphatic hydroxyl groups excluding tert-OH is 1. The van der Waals surface area contributed by atoms with Gasteiger partial charge in [-0.2, -0.15) is 0 Å².